The molecule has 0 amide bonds. The third-order valence-corrected chi connectivity index (χ3v) is 4.74. The van der Waals surface area contributed by atoms with E-state index in [4.69, 9.17) is 27.9 Å². The van der Waals surface area contributed by atoms with Gasteiger partial charge < -0.3 is 10.1 Å². The van der Waals surface area contributed by atoms with Crippen molar-refractivity contribution >= 4 is 33.2 Å². The number of halogens is 2. The Hall–Kier alpha value is -0.370. The van der Waals surface area contributed by atoms with Crippen molar-refractivity contribution in [1.82, 2.24) is 10.0 Å². The summed E-state index contributed by atoms with van der Waals surface area (Å²) in [7, 11) is -1.97. The van der Waals surface area contributed by atoms with E-state index in [9.17, 15) is 8.42 Å². The second-order valence-electron chi connectivity index (χ2n) is 4.00. The number of benzene rings is 1. The standard InChI is InChI=1S/C12H18Cl2N2O3S/c1-3-19-5-4-16-20(17,18)11-7-10(13)6-9(8-15-2)12(11)14/h6-7,15-16H,3-5,8H2,1-2H3. The van der Waals surface area contributed by atoms with Crippen LogP contribution in [0.15, 0.2) is 17.0 Å². The maximum atomic E-state index is 12.2. The van der Waals surface area contributed by atoms with Gasteiger partial charge in [0.1, 0.15) is 4.90 Å². The van der Waals surface area contributed by atoms with Gasteiger partial charge >= 0.3 is 0 Å². The van der Waals surface area contributed by atoms with E-state index in [0.717, 1.165) is 0 Å². The summed E-state index contributed by atoms with van der Waals surface area (Å²) in [5.41, 5.74) is 0.631. The molecule has 0 aliphatic heterocycles. The molecule has 20 heavy (non-hydrogen) atoms. The fraction of sp³-hybridized carbons (Fsp3) is 0.500. The summed E-state index contributed by atoms with van der Waals surface area (Å²) in [6.07, 6.45) is 0. The highest BCUT2D eigenvalue weighted by atomic mass is 35.5. The van der Waals surface area contributed by atoms with E-state index >= 15 is 0 Å². The third kappa shape index (κ3) is 4.87. The van der Waals surface area contributed by atoms with Crippen LogP contribution in [0.2, 0.25) is 10.0 Å². The second kappa shape index (κ2) is 8.17. The molecule has 8 heteroatoms. The first-order valence-corrected chi connectivity index (χ1v) is 8.36. The van der Waals surface area contributed by atoms with Gasteiger partial charge in [-0.1, -0.05) is 23.2 Å². The third-order valence-electron chi connectivity index (χ3n) is 2.48. The lowest BCUT2D eigenvalue weighted by Gasteiger charge is -2.12. The van der Waals surface area contributed by atoms with Crippen LogP contribution in [0.4, 0.5) is 0 Å². The molecular formula is C12H18Cl2N2O3S. The summed E-state index contributed by atoms with van der Waals surface area (Å²) in [4.78, 5) is -0.0200. The van der Waals surface area contributed by atoms with Crippen molar-refractivity contribution in [3.8, 4) is 0 Å². The van der Waals surface area contributed by atoms with Crippen LogP contribution in [0.25, 0.3) is 0 Å². The maximum absolute atomic E-state index is 12.2. The Morgan fingerprint density at radius 2 is 2.00 bits per heavy atom. The van der Waals surface area contributed by atoms with Crippen LogP contribution in [-0.4, -0.2) is 35.2 Å². The smallest absolute Gasteiger partial charge is 0.242 e. The molecule has 0 heterocycles. The van der Waals surface area contributed by atoms with E-state index in [0.29, 0.717) is 30.3 Å². The first-order valence-electron chi connectivity index (χ1n) is 6.12. The van der Waals surface area contributed by atoms with Crippen molar-refractivity contribution in [2.24, 2.45) is 0 Å². The van der Waals surface area contributed by atoms with Gasteiger partial charge in [-0.3, -0.25) is 0 Å². The largest absolute Gasteiger partial charge is 0.380 e. The summed E-state index contributed by atoms with van der Waals surface area (Å²) >= 11 is 12.1. The lowest BCUT2D eigenvalue weighted by atomic mass is 10.2. The van der Waals surface area contributed by atoms with Gasteiger partial charge in [-0.05, 0) is 31.7 Å². The van der Waals surface area contributed by atoms with Crippen molar-refractivity contribution in [3.63, 3.8) is 0 Å². The lowest BCUT2D eigenvalue weighted by molar-refractivity contribution is 0.153. The zero-order valence-corrected chi connectivity index (χ0v) is 13.7. The number of sulfonamides is 1. The first kappa shape index (κ1) is 17.7. The molecule has 0 saturated carbocycles. The topological polar surface area (TPSA) is 67.4 Å². The molecule has 0 aliphatic carbocycles. The molecule has 0 atom stereocenters. The van der Waals surface area contributed by atoms with Crippen LogP contribution in [0.1, 0.15) is 12.5 Å². The van der Waals surface area contributed by atoms with Crippen LogP contribution in [0.3, 0.4) is 0 Å². The molecule has 114 valence electrons. The number of hydrogen-bond acceptors (Lipinski definition) is 4. The molecule has 1 aromatic carbocycles. The Morgan fingerprint density at radius 3 is 2.60 bits per heavy atom. The van der Waals surface area contributed by atoms with Crippen LogP contribution in [-0.2, 0) is 21.3 Å². The maximum Gasteiger partial charge on any atom is 0.242 e. The van der Waals surface area contributed by atoms with Crippen molar-refractivity contribution in [3.05, 3.63) is 27.7 Å². The molecule has 0 aromatic heterocycles. The first-order chi connectivity index (χ1) is 9.42. The van der Waals surface area contributed by atoms with E-state index in [1.807, 2.05) is 6.92 Å². The minimum atomic E-state index is -3.71. The van der Waals surface area contributed by atoms with Gasteiger partial charge in [0, 0.05) is 24.7 Å². The van der Waals surface area contributed by atoms with Crippen LogP contribution >= 0.6 is 23.2 Å². The number of ether oxygens (including phenoxy) is 1. The van der Waals surface area contributed by atoms with E-state index in [-0.39, 0.29) is 16.5 Å². The predicted octanol–water partition coefficient (Wildman–Crippen LogP) is 2.03. The van der Waals surface area contributed by atoms with Gasteiger partial charge in [-0.25, -0.2) is 13.1 Å². The number of nitrogens with one attached hydrogen (secondary N) is 2. The highest BCUT2D eigenvalue weighted by Gasteiger charge is 2.20. The Balaban J connectivity index is 2.99. The monoisotopic (exact) mass is 340 g/mol. The average molecular weight is 341 g/mol. The molecule has 1 aromatic rings. The van der Waals surface area contributed by atoms with Crippen molar-refractivity contribution in [2.45, 2.75) is 18.4 Å². The molecule has 2 N–H and O–H groups in total. The molecule has 5 nitrogen and oxygen atoms in total. The Labute approximate surface area is 129 Å². The van der Waals surface area contributed by atoms with Crippen molar-refractivity contribution in [1.29, 1.82) is 0 Å². The zero-order valence-electron chi connectivity index (χ0n) is 11.4. The van der Waals surface area contributed by atoms with E-state index in [1.165, 1.54) is 6.07 Å². The molecule has 0 fully saturated rings. The average Bonchev–Trinajstić information content (AvgIpc) is 2.39. The molecule has 0 unspecified atom stereocenters. The van der Waals surface area contributed by atoms with Gasteiger partial charge in [0.25, 0.3) is 0 Å². The Kier molecular flexibility index (Phi) is 7.22. The summed E-state index contributed by atoms with van der Waals surface area (Å²) in [5.74, 6) is 0. The normalized spacial score (nSPS) is 11.8. The van der Waals surface area contributed by atoms with Gasteiger partial charge in [0.15, 0.2) is 0 Å². The van der Waals surface area contributed by atoms with E-state index < -0.39 is 10.0 Å². The molecule has 0 bridgehead atoms. The van der Waals surface area contributed by atoms with Gasteiger partial charge in [0.05, 0.1) is 11.6 Å². The summed E-state index contributed by atoms with van der Waals surface area (Å²) < 4.78 is 31.9. The fourth-order valence-corrected chi connectivity index (χ4v) is 3.55. The molecule has 0 aliphatic rings. The molecule has 0 radical (unpaired) electrons. The summed E-state index contributed by atoms with van der Waals surface area (Å²) in [6, 6.07) is 2.98. The second-order valence-corrected chi connectivity index (χ2v) is 6.55. The quantitative estimate of drug-likeness (QED) is 0.710. The molecule has 0 saturated heterocycles. The minimum absolute atomic E-state index is 0.0200. The predicted molar refractivity (Wildman–Crippen MR) is 80.9 cm³/mol. The van der Waals surface area contributed by atoms with Crippen molar-refractivity contribution < 1.29 is 13.2 Å². The molecular weight excluding hydrogens is 323 g/mol. The summed E-state index contributed by atoms with van der Waals surface area (Å²) in [5, 5.41) is 3.41. The van der Waals surface area contributed by atoms with E-state index in [2.05, 4.69) is 10.0 Å². The van der Waals surface area contributed by atoms with Gasteiger partial charge in [0.2, 0.25) is 10.0 Å². The van der Waals surface area contributed by atoms with Gasteiger partial charge in [-0.15, -0.1) is 0 Å². The Bertz CT molecular complexity index is 550. The van der Waals surface area contributed by atoms with Crippen LogP contribution in [0.5, 0.6) is 0 Å². The minimum Gasteiger partial charge on any atom is -0.380 e. The zero-order chi connectivity index (χ0) is 15.2. The SMILES string of the molecule is CCOCCNS(=O)(=O)c1cc(Cl)cc(CNC)c1Cl. The van der Waals surface area contributed by atoms with E-state index in [1.54, 1.807) is 13.1 Å². The summed E-state index contributed by atoms with van der Waals surface area (Å²) in [6.45, 7) is 3.29. The highest BCUT2D eigenvalue weighted by molar-refractivity contribution is 7.89. The fourth-order valence-electron chi connectivity index (χ4n) is 1.60. The highest BCUT2D eigenvalue weighted by Crippen LogP contribution is 2.29. The Morgan fingerprint density at radius 1 is 1.30 bits per heavy atom. The van der Waals surface area contributed by atoms with Gasteiger partial charge in [-0.2, -0.15) is 0 Å². The lowest BCUT2D eigenvalue weighted by Crippen LogP contribution is -2.28. The number of hydrogen-bond donors (Lipinski definition) is 2. The number of rotatable bonds is 8. The molecule has 1 rings (SSSR count). The van der Waals surface area contributed by atoms with Crippen molar-refractivity contribution in [2.75, 3.05) is 26.8 Å². The molecule has 0 spiro atoms. The van der Waals surface area contributed by atoms with Crippen LogP contribution < -0.4 is 10.0 Å². The van der Waals surface area contributed by atoms with Crippen LogP contribution in [0, 0.1) is 0 Å².